The summed E-state index contributed by atoms with van der Waals surface area (Å²) in [5.74, 6) is -1.63. The minimum atomic E-state index is -1.59. The predicted molar refractivity (Wildman–Crippen MR) is 79.4 cm³/mol. The molecule has 1 aromatic carbocycles. The first kappa shape index (κ1) is 14.6. The van der Waals surface area contributed by atoms with Gasteiger partial charge in [0.15, 0.2) is 0 Å². The lowest BCUT2D eigenvalue weighted by Crippen LogP contribution is -2.68. The van der Waals surface area contributed by atoms with E-state index < -0.39 is 11.6 Å². The number of hydrogen-bond acceptors (Lipinski definition) is 3. The minimum absolute atomic E-state index is 0.1000. The molecule has 3 rings (SSSR count). The summed E-state index contributed by atoms with van der Waals surface area (Å²) in [6.07, 6.45) is 0.246. The fourth-order valence-corrected chi connectivity index (χ4v) is 3.38. The van der Waals surface area contributed by atoms with Crippen molar-refractivity contribution in [3.63, 3.8) is 0 Å². The van der Waals surface area contributed by atoms with Crippen LogP contribution in [0.15, 0.2) is 24.3 Å². The number of rotatable bonds is 3. The van der Waals surface area contributed by atoms with Gasteiger partial charge in [0.2, 0.25) is 11.6 Å². The van der Waals surface area contributed by atoms with Crippen molar-refractivity contribution in [2.45, 2.75) is 32.4 Å². The number of carboxylic acids is 1. The Kier molecular flexibility index (Phi) is 3.20. The first-order valence-electron chi connectivity index (χ1n) is 7.37. The molecule has 0 aromatic heterocycles. The van der Waals surface area contributed by atoms with Crippen molar-refractivity contribution in [2.75, 3.05) is 11.4 Å². The highest BCUT2D eigenvalue weighted by molar-refractivity contribution is 6.15. The van der Waals surface area contributed by atoms with Gasteiger partial charge in [0.25, 0.3) is 5.91 Å². The van der Waals surface area contributed by atoms with Gasteiger partial charge in [-0.15, -0.1) is 0 Å². The molecule has 1 unspecified atom stereocenters. The fourth-order valence-electron chi connectivity index (χ4n) is 3.38. The highest BCUT2D eigenvalue weighted by atomic mass is 16.4. The summed E-state index contributed by atoms with van der Waals surface area (Å²) in [4.78, 5) is 39.9. The minimum Gasteiger partial charge on any atom is -0.478 e. The second kappa shape index (κ2) is 4.83. The van der Waals surface area contributed by atoms with Crippen LogP contribution in [0.4, 0.5) is 5.69 Å². The Morgan fingerprint density at radius 2 is 2.00 bits per heavy atom. The number of para-hydroxylation sites is 1. The highest BCUT2D eigenvalue weighted by Crippen LogP contribution is 2.44. The molecule has 1 fully saturated rings. The molecule has 0 radical (unpaired) electrons. The maximum atomic E-state index is 12.8. The Morgan fingerprint density at radius 3 is 2.64 bits per heavy atom. The number of nitrogens with zero attached hydrogens (tertiary/aromatic N) is 2. The average Bonchev–Trinajstić information content (AvgIpc) is 2.82. The van der Waals surface area contributed by atoms with E-state index in [4.69, 9.17) is 0 Å². The van der Waals surface area contributed by atoms with Gasteiger partial charge >= 0.3 is 5.97 Å². The van der Waals surface area contributed by atoms with E-state index in [1.54, 1.807) is 24.3 Å². The topological polar surface area (TPSA) is 77.9 Å². The molecule has 1 atom stereocenters. The van der Waals surface area contributed by atoms with Crippen LogP contribution >= 0.6 is 0 Å². The lowest BCUT2D eigenvalue weighted by molar-refractivity contribution is -0.150. The maximum absolute atomic E-state index is 12.8. The molecule has 2 aliphatic heterocycles. The molecule has 6 heteroatoms. The number of carbonyl (C=O) groups is 3. The number of fused-ring (bicyclic) bond motifs is 3. The summed E-state index contributed by atoms with van der Waals surface area (Å²) in [6.45, 7) is 4.14. The zero-order chi connectivity index (χ0) is 16.1. The predicted octanol–water partition coefficient (Wildman–Crippen LogP) is 1.71. The van der Waals surface area contributed by atoms with E-state index in [-0.39, 0.29) is 30.6 Å². The second-order valence-electron chi connectivity index (χ2n) is 6.18. The van der Waals surface area contributed by atoms with E-state index in [1.807, 2.05) is 13.8 Å². The van der Waals surface area contributed by atoms with Crippen LogP contribution < -0.4 is 4.90 Å². The largest absolute Gasteiger partial charge is 0.478 e. The summed E-state index contributed by atoms with van der Waals surface area (Å²) in [6, 6.07) is 6.71. The lowest BCUT2D eigenvalue weighted by Gasteiger charge is -2.48. The molecule has 22 heavy (non-hydrogen) atoms. The van der Waals surface area contributed by atoms with Gasteiger partial charge in [0.1, 0.15) is 0 Å². The standard InChI is InChI=1S/C16H18N2O4/c1-10(2)9-17-14(20)11-5-3-4-6-12(11)18-13(19)7-8-16(17,18)15(21)22/h3-6,10H,7-9H2,1-2H3,(H,21,22). The summed E-state index contributed by atoms with van der Waals surface area (Å²) in [5, 5.41) is 9.86. The quantitative estimate of drug-likeness (QED) is 0.922. The molecule has 116 valence electrons. The van der Waals surface area contributed by atoms with E-state index in [0.29, 0.717) is 17.8 Å². The third-order valence-electron chi connectivity index (χ3n) is 4.26. The lowest BCUT2D eigenvalue weighted by atomic mass is 9.95. The van der Waals surface area contributed by atoms with Crippen LogP contribution in [-0.4, -0.2) is 40.0 Å². The number of hydrogen-bond donors (Lipinski definition) is 1. The molecule has 2 aliphatic rings. The molecule has 0 saturated carbocycles. The summed E-state index contributed by atoms with van der Waals surface area (Å²) in [5.41, 5.74) is -0.806. The van der Waals surface area contributed by atoms with Crippen molar-refractivity contribution in [3.05, 3.63) is 29.8 Å². The van der Waals surface area contributed by atoms with Gasteiger partial charge in [-0.1, -0.05) is 26.0 Å². The molecule has 1 saturated heterocycles. The molecule has 2 amide bonds. The number of amides is 2. The Bertz CT molecular complexity index is 670. The highest BCUT2D eigenvalue weighted by Gasteiger charge is 2.61. The first-order chi connectivity index (χ1) is 10.4. The van der Waals surface area contributed by atoms with Crippen LogP contribution in [0.25, 0.3) is 0 Å². The smallest absolute Gasteiger partial charge is 0.351 e. The average molecular weight is 302 g/mol. The van der Waals surface area contributed by atoms with E-state index in [2.05, 4.69) is 0 Å². The van der Waals surface area contributed by atoms with Crippen LogP contribution in [0.3, 0.4) is 0 Å². The molecule has 6 nitrogen and oxygen atoms in total. The van der Waals surface area contributed by atoms with Crippen molar-refractivity contribution < 1.29 is 19.5 Å². The Morgan fingerprint density at radius 1 is 1.32 bits per heavy atom. The maximum Gasteiger partial charge on any atom is 0.351 e. The van der Waals surface area contributed by atoms with E-state index in [9.17, 15) is 19.5 Å². The third-order valence-corrected chi connectivity index (χ3v) is 4.26. The van der Waals surface area contributed by atoms with Crippen LogP contribution in [-0.2, 0) is 9.59 Å². The van der Waals surface area contributed by atoms with Gasteiger partial charge in [0, 0.05) is 19.4 Å². The van der Waals surface area contributed by atoms with Crippen LogP contribution in [0.5, 0.6) is 0 Å². The summed E-state index contributed by atoms with van der Waals surface area (Å²) in [7, 11) is 0. The van der Waals surface area contributed by atoms with Gasteiger partial charge in [-0.05, 0) is 18.1 Å². The monoisotopic (exact) mass is 302 g/mol. The Hall–Kier alpha value is -2.37. The molecular formula is C16H18N2O4. The second-order valence-corrected chi connectivity index (χ2v) is 6.18. The Labute approximate surface area is 128 Å². The van der Waals surface area contributed by atoms with Crippen molar-refractivity contribution in [3.8, 4) is 0 Å². The summed E-state index contributed by atoms with van der Waals surface area (Å²) >= 11 is 0. The zero-order valence-electron chi connectivity index (χ0n) is 12.6. The van der Waals surface area contributed by atoms with E-state index in [0.717, 1.165) is 0 Å². The van der Waals surface area contributed by atoms with Crippen LogP contribution in [0.1, 0.15) is 37.0 Å². The van der Waals surface area contributed by atoms with E-state index in [1.165, 1.54) is 9.80 Å². The number of carboxylic acid groups (broad SMARTS) is 1. The van der Waals surface area contributed by atoms with Gasteiger partial charge in [-0.25, -0.2) is 4.79 Å². The van der Waals surface area contributed by atoms with Crippen molar-refractivity contribution in [1.29, 1.82) is 0 Å². The fraction of sp³-hybridized carbons (Fsp3) is 0.438. The third kappa shape index (κ3) is 1.76. The van der Waals surface area contributed by atoms with Crippen molar-refractivity contribution in [1.82, 2.24) is 4.90 Å². The Balaban J connectivity index is 2.25. The molecule has 0 spiro atoms. The zero-order valence-corrected chi connectivity index (χ0v) is 12.6. The number of anilines is 1. The SMILES string of the molecule is CC(C)CN1C(=O)c2ccccc2N2C(=O)CCC12C(=O)O. The van der Waals surface area contributed by atoms with E-state index >= 15 is 0 Å². The van der Waals surface area contributed by atoms with Gasteiger partial charge in [-0.3, -0.25) is 14.5 Å². The van der Waals surface area contributed by atoms with Gasteiger partial charge in [0.05, 0.1) is 11.3 Å². The van der Waals surface area contributed by atoms with Crippen LogP contribution in [0, 0.1) is 5.92 Å². The summed E-state index contributed by atoms with van der Waals surface area (Å²) < 4.78 is 0. The van der Waals surface area contributed by atoms with Crippen molar-refractivity contribution in [2.24, 2.45) is 5.92 Å². The number of benzene rings is 1. The number of carbonyl (C=O) groups excluding carboxylic acids is 2. The molecular weight excluding hydrogens is 284 g/mol. The van der Waals surface area contributed by atoms with Crippen molar-refractivity contribution >= 4 is 23.5 Å². The van der Waals surface area contributed by atoms with Gasteiger partial charge in [-0.2, -0.15) is 0 Å². The molecule has 0 bridgehead atoms. The van der Waals surface area contributed by atoms with Gasteiger partial charge < -0.3 is 10.0 Å². The number of aliphatic carboxylic acids is 1. The normalized spacial score (nSPS) is 23.8. The molecule has 1 aromatic rings. The molecule has 0 aliphatic carbocycles. The molecule has 1 N–H and O–H groups in total. The van der Waals surface area contributed by atoms with Crippen LogP contribution in [0.2, 0.25) is 0 Å². The molecule has 2 heterocycles. The first-order valence-corrected chi connectivity index (χ1v) is 7.37.